The van der Waals surface area contributed by atoms with E-state index in [2.05, 4.69) is 46.3 Å². The minimum atomic E-state index is 0.753. The van der Waals surface area contributed by atoms with Crippen molar-refractivity contribution in [1.82, 2.24) is 0 Å². The van der Waals surface area contributed by atoms with Crippen LogP contribution in [0.3, 0.4) is 0 Å². The molecule has 1 nitrogen and oxygen atoms in total. The molecule has 0 aromatic heterocycles. The molecule has 1 atom stereocenters. The van der Waals surface area contributed by atoms with Gasteiger partial charge in [0, 0.05) is 4.47 Å². The van der Waals surface area contributed by atoms with Crippen LogP contribution in [0.4, 0.5) is 0 Å². The maximum Gasteiger partial charge on any atom is 0.122 e. The molecule has 0 aliphatic rings. The topological polar surface area (TPSA) is 9.23 Å². The molecule has 0 N–H and O–H groups in total. The second kappa shape index (κ2) is 6.18. The fourth-order valence-electron chi connectivity index (χ4n) is 1.64. The Morgan fingerprint density at radius 3 is 2.53 bits per heavy atom. The predicted octanol–water partition coefficient (Wildman–Crippen LogP) is 3.96. The third-order valence-corrected chi connectivity index (χ3v) is 4.97. The van der Waals surface area contributed by atoms with Crippen LogP contribution in [-0.2, 0) is 6.16 Å². The highest BCUT2D eigenvalue weighted by atomic mass is 79.9. The van der Waals surface area contributed by atoms with Crippen molar-refractivity contribution < 1.29 is 4.74 Å². The number of rotatable bonds is 4. The Morgan fingerprint density at radius 2 is 1.76 bits per heavy atom. The second-order valence-electron chi connectivity index (χ2n) is 3.65. The molecule has 0 fully saturated rings. The first kappa shape index (κ1) is 12.6. The Kier molecular flexibility index (Phi) is 4.58. The summed E-state index contributed by atoms with van der Waals surface area (Å²) >= 11 is 3.58. The predicted molar refractivity (Wildman–Crippen MR) is 78.8 cm³/mol. The summed E-state index contributed by atoms with van der Waals surface area (Å²) < 4.78 is 6.54. The van der Waals surface area contributed by atoms with Crippen molar-refractivity contribution in [3.63, 3.8) is 0 Å². The van der Waals surface area contributed by atoms with Crippen molar-refractivity contribution in [2.24, 2.45) is 0 Å². The molecule has 0 saturated heterocycles. The van der Waals surface area contributed by atoms with Gasteiger partial charge in [-0.05, 0) is 29.2 Å². The molecular weight excluding hydrogens is 295 g/mol. The summed E-state index contributed by atoms with van der Waals surface area (Å²) in [5, 5.41) is 1.36. The van der Waals surface area contributed by atoms with Crippen molar-refractivity contribution in [2.75, 3.05) is 7.11 Å². The summed E-state index contributed by atoms with van der Waals surface area (Å²) in [6.45, 7) is 0. The number of benzene rings is 2. The molecular formula is C14H14BrOP. The zero-order chi connectivity index (χ0) is 12.1. The van der Waals surface area contributed by atoms with E-state index in [0.29, 0.717) is 0 Å². The quantitative estimate of drug-likeness (QED) is 0.777. The molecule has 17 heavy (non-hydrogen) atoms. The maximum atomic E-state index is 5.36. The minimum Gasteiger partial charge on any atom is -0.496 e. The van der Waals surface area contributed by atoms with Crippen LogP contribution in [0.5, 0.6) is 5.75 Å². The van der Waals surface area contributed by atoms with Crippen LogP contribution >= 0.6 is 24.5 Å². The summed E-state index contributed by atoms with van der Waals surface area (Å²) in [6.07, 6.45) is 1.02. The van der Waals surface area contributed by atoms with E-state index in [4.69, 9.17) is 4.74 Å². The van der Waals surface area contributed by atoms with E-state index in [9.17, 15) is 0 Å². The molecule has 88 valence electrons. The fourth-order valence-corrected chi connectivity index (χ4v) is 3.49. The number of hydrogen-bond acceptors (Lipinski definition) is 1. The largest absolute Gasteiger partial charge is 0.496 e. The zero-order valence-corrected chi connectivity index (χ0v) is 12.2. The van der Waals surface area contributed by atoms with Gasteiger partial charge in [0.05, 0.1) is 7.11 Å². The lowest BCUT2D eigenvalue weighted by molar-refractivity contribution is 0.411. The molecule has 1 unspecified atom stereocenters. The summed E-state index contributed by atoms with van der Waals surface area (Å²) in [6, 6.07) is 16.6. The van der Waals surface area contributed by atoms with Crippen molar-refractivity contribution in [3.05, 3.63) is 58.6 Å². The van der Waals surface area contributed by atoms with E-state index >= 15 is 0 Å². The summed E-state index contributed by atoms with van der Waals surface area (Å²) in [5.74, 6) is 0.979. The number of para-hydroxylation sites is 1. The second-order valence-corrected chi connectivity index (χ2v) is 5.75. The monoisotopic (exact) mass is 308 g/mol. The van der Waals surface area contributed by atoms with Crippen LogP contribution in [-0.4, -0.2) is 7.11 Å². The Hall–Kier alpha value is -0.850. The molecule has 0 radical (unpaired) electrons. The summed E-state index contributed by atoms with van der Waals surface area (Å²) in [5.41, 5.74) is 1.27. The van der Waals surface area contributed by atoms with E-state index < -0.39 is 0 Å². The highest BCUT2D eigenvalue weighted by Gasteiger charge is 2.03. The van der Waals surface area contributed by atoms with Crippen LogP contribution in [0, 0.1) is 0 Å². The van der Waals surface area contributed by atoms with Crippen molar-refractivity contribution in [2.45, 2.75) is 6.16 Å². The van der Waals surface area contributed by atoms with Crippen LogP contribution in [0.2, 0.25) is 0 Å². The third-order valence-electron chi connectivity index (χ3n) is 2.54. The van der Waals surface area contributed by atoms with Gasteiger partial charge < -0.3 is 4.74 Å². The van der Waals surface area contributed by atoms with Crippen molar-refractivity contribution in [3.8, 4) is 5.75 Å². The number of hydrogen-bond donors (Lipinski definition) is 0. The first-order valence-corrected chi connectivity index (χ1v) is 7.41. The van der Waals surface area contributed by atoms with Gasteiger partial charge in [0.25, 0.3) is 0 Å². The highest BCUT2D eigenvalue weighted by molar-refractivity contribution is 9.10. The molecule has 0 saturated carbocycles. The van der Waals surface area contributed by atoms with E-state index in [0.717, 1.165) is 20.5 Å². The van der Waals surface area contributed by atoms with Gasteiger partial charge in [0.2, 0.25) is 0 Å². The van der Waals surface area contributed by atoms with Gasteiger partial charge in [0.1, 0.15) is 5.75 Å². The molecule has 0 aliphatic carbocycles. The smallest absolute Gasteiger partial charge is 0.122 e. The van der Waals surface area contributed by atoms with E-state index in [-0.39, 0.29) is 0 Å². The van der Waals surface area contributed by atoms with Crippen LogP contribution in [0.25, 0.3) is 0 Å². The van der Waals surface area contributed by atoms with Gasteiger partial charge in [-0.25, -0.2) is 0 Å². The molecule has 3 heteroatoms. The first-order valence-electron chi connectivity index (χ1n) is 5.41. The van der Waals surface area contributed by atoms with Crippen LogP contribution in [0.15, 0.2) is 53.0 Å². The van der Waals surface area contributed by atoms with Gasteiger partial charge in [-0.3, -0.25) is 0 Å². The van der Waals surface area contributed by atoms with E-state index in [1.165, 1.54) is 15.3 Å². The maximum absolute atomic E-state index is 5.36. The molecule has 2 rings (SSSR count). The molecule has 0 aliphatic heterocycles. The third kappa shape index (κ3) is 3.31. The Balaban J connectivity index is 2.10. The lowest BCUT2D eigenvalue weighted by Crippen LogP contribution is -1.97. The SMILES string of the molecule is COc1ccccc1CPc1ccccc1Br. The molecule has 2 aromatic carbocycles. The normalized spacial score (nSPS) is 10.9. The number of methoxy groups -OCH3 is 1. The first-order chi connectivity index (χ1) is 8.31. The average molecular weight is 309 g/mol. The van der Waals surface area contributed by atoms with Crippen LogP contribution < -0.4 is 10.0 Å². The Labute approximate surface area is 112 Å². The summed E-state index contributed by atoms with van der Waals surface area (Å²) in [7, 11) is 2.48. The standard InChI is InChI=1S/C14H14BrOP/c1-16-13-8-4-2-6-11(13)10-17-14-9-5-3-7-12(14)15/h2-9,17H,10H2,1H3. The zero-order valence-electron chi connectivity index (χ0n) is 9.61. The molecule has 0 amide bonds. The van der Waals surface area contributed by atoms with Gasteiger partial charge >= 0.3 is 0 Å². The summed E-state index contributed by atoms with van der Waals surface area (Å²) in [4.78, 5) is 0. The lowest BCUT2D eigenvalue weighted by Gasteiger charge is -2.09. The van der Waals surface area contributed by atoms with Crippen LogP contribution in [0.1, 0.15) is 5.56 Å². The van der Waals surface area contributed by atoms with Gasteiger partial charge in [0.15, 0.2) is 0 Å². The van der Waals surface area contributed by atoms with Gasteiger partial charge in [-0.2, -0.15) is 0 Å². The number of halogens is 1. The van der Waals surface area contributed by atoms with Crippen molar-refractivity contribution in [1.29, 1.82) is 0 Å². The molecule has 0 spiro atoms. The Bertz CT molecular complexity index is 499. The Morgan fingerprint density at radius 1 is 1.06 bits per heavy atom. The van der Waals surface area contributed by atoms with Gasteiger partial charge in [-0.15, -0.1) is 0 Å². The van der Waals surface area contributed by atoms with Crippen molar-refractivity contribution >= 4 is 29.8 Å². The highest BCUT2D eigenvalue weighted by Crippen LogP contribution is 2.27. The number of ether oxygens (including phenoxy) is 1. The van der Waals surface area contributed by atoms with Gasteiger partial charge in [-0.1, -0.05) is 60.9 Å². The van der Waals surface area contributed by atoms with E-state index in [1.54, 1.807) is 7.11 Å². The van der Waals surface area contributed by atoms with E-state index in [1.807, 2.05) is 18.2 Å². The minimum absolute atomic E-state index is 0.753. The molecule has 2 aromatic rings. The average Bonchev–Trinajstić information content (AvgIpc) is 2.38. The molecule has 0 bridgehead atoms. The molecule has 0 heterocycles. The lowest BCUT2D eigenvalue weighted by atomic mass is 10.2. The fraction of sp³-hybridized carbons (Fsp3) is 0.143.